The van der Waals surface area contributed by atoms with Crippen molar-refractivity contribution in [3.63, 3.8) is 0 Å². The van der Waals surface area contributed by atoms with Crippen LogP contribution in [0, 0.1) is 18.3 Å². The van der Waals surface area contributed by atoms with Gasteiger partial charge in [0, 0.05) is 19.5 Å². The molecule has 0 aromatic heterocycles. The number of benzene rings is 1. The van der Waals surface area contributed by atoms with Gasteiger partial charge >= 0.3 is 0 Å². The summed E-state index contributed by atoms with van der Waals surface area (Å²) in [6, 6.07) is 6.13. The topological polar surface area (TPSA) is 41.6 Å². The maximum absolute atomic E-state index is 12.7. The number of hydrogen-bond donors (Lipinski definition) is 1. The molecule has 2 aliphatic rings. The molecule has 0 radical (unpaired) electrons. The van der Waals surface area contributed by atoms with Crippen LogP contribution in [-0.4, -0.2) is 38.1 Å². The number of carbonyl (C=O) groups excluding carboxylic acids is 1. The molecule has 4 heteroatoms. The fourth-order valence-corrected chi connectivity index (χ4v) is 3.83. The first-order valence-corrected chi connectivity index (χ1v) is 8.15. The molecule has 1 heterocycles. The maximum Gasteiger partial charge on any atom is 0.226 e. The Bertz CT molecular complexity index is 564. The number of methoxy groups -OCH3 is 1. The van der Waals surface area contributed by atoms with Gasteiger partial charge < -0.3 is 15.0 Å². The van der Waals surface area contributed by atoms with Crippen molar-refractivity contribution in [3.05, 3.63) is 29.3 Å². The molecule has 4 nitrogen and oxygen atoms in total. The first kappa shape index (κ1) is 15.3. The SMILES string of the molecule is COc1ccc(CN(C)C(=O)[C@@H]2CC23CCNCC3)cc1C. The first-order valence-electron chi connectivity index (χ1n) is 8.15. The van der Waals surface area contributed by atoms with Gasteiger partial charge in [0.15, 0.2) is 0 Å². The van der Waals surface area contributed by atoms with Gasteiger partial charge in [0.1, 0.15) is 5.75 Å². The van der Waals surface area contributed by atoms with Crippen molar-refractivity contribution in [2.75, 3.05) is 27.2 Å². The molecular weight excluding hydrogens is 276 g/mol. The van der Waals surface area contributed by atoms with Crippen LogP contribution >= 0.6 is 0 Å². The molecule has 1 saturated heterocycles. The smallest absolute Gasteiger partial charge is 0.226 e. The first-order chi connectivity index (χ1) is 10.6. The van der Waals surface area contributed by atoms with Crippen LogP contribution in [0.2, 0.25) is 0 Å². The largest absolute Gasteiger partial charge is 0.496 e. The average Bonchev–Trinajstić information content (AvgIpc) is 3.20. The second kappa shape index (κ2) is 5.92. The Morgan fingerprint density at radius 2 is 2.14 bits per heavy atom. The highest BCUT2D eigenvalue weighted by Crippen LogP contribution is 2.59. The molecule has 0 unspecified atom stereocenters. The van der Waals surface area contributed by atoms with Gasteiger partial charge in [0.25, 0.3) is 0 Å². The van der Waals surface area contributed by atoms with Gasteiger partial charge in [-0.15, -0.1) is 0 Å². The summed E-state index contributed by atoms with van der Waals surface area (Å²) in [5.74, 6) is 1.46. The predicted molar refractivity (Wildman–Crippen MR) is 86.8 cm³/mol. The number of hydrogen-bond acceptors (Lipinski definition) is 3. The van der Waals surface area contributed by atoms with Gasteiger partial charge in [-0.1, -0.05) is 12.1 Å². The van der Waals surface area contributed by atoms with Crippen molar-refractivity contribution in [2.45, 2.75) is 32.7 Å². The average molecular weight is 302 g/mol. The van der Waals surface area contributed by atoms with Crippen molar-refractivity contribution >= 4 is 5.91 Å². The molecule has 22 heavy (non-hydrogen) atoms. The van der Waals surface area contributed by atoms with Crippen molar-refractivity contribution in [1.29, 1.82) is 0 Å². The second-order valence-corrected chi connectivity index (χ2v) is 6.87. The van der Waals surface area contributed by atoms with E-state index in [0.29, 0.717) is 17.9 Å². The molecule has 1 spiro atoms. The molecule has 2 fully saturated rings. The fraction of sp³-hybridized carbons (Fsp3) is 0.611. The van der Waals surface area contributed by atoms with E-state index in [1.807, 2.05) is 31.0 Å². The monoisotopic (exact) mass is 302 g/mol. The van der Waals surface area contributed by atoms with Crippen molar-refractivity contribution in [3.8, 4) is 5.75 Å². The van der Waals surface area contributed by atoms with Crippen LogP contribution in [0.15, 0.2) is 18.2 Å². The summed E-state index contributed by atoms with van der Waals surface area (Å²) in [5.41, 5.74) is 2.59. The lowest BCUT2D eigenvalue weighted by Crippen LogP contribution is -2.34. The quantitative estimate of drug-likeness (QED) is 0.928. The molecule has 0 bridgehead atoms. The number of ether oxygens (including phenoxy) is 1. The summed E-state index contributed by atoms with van der Waals surface area (Å²) in [4.78, 5) is 14.6. The highest BCUT2D eigenvalue weighted by molar-refractivity contribution is 5.82. The number of piperidine rings is 1. The van der Waals surface area contributed by atoms with Crippen LogP contribution in [-0.2, 0) is 11.3 Å². The highest BCUT2D eigenvalue weighted by Gasteiger charge is 2.58. The third-order valence-electron chi connectivity index (χ3n) is 5.34. The summed E-state index contributed by atoms with van der Waals surface area (Å²) in [6.07, 6.45) is 3.39. The predicted octanol–water partition coefficient (Wildman–Crippen LogP) is 2.35. The van der Waals surface area contributed by atoms with Gasteiger partial charge in [-0.05, 0) is 61.9 Å². The minimum absolute atomic E-state index is 0.249. The Morgan fingerprint density at radius 3 is 2.77 bits per heavy atom. The highest BCUT2D eigenvalue weighted by atomic mass is 16.5. The summed E-state index contributed by atoms with van der Waals surface area (Å²) >= 11 is 0. The van der Waals surface area contributed by atoms with Crippen LogP contribution in [0.25, 0.3) is 0 Å². The normalized spacial score (nSPS) is 22.4. The second-order valence-electron chi connectivity index (χ2n) is 6.87. The third kappa shape index (κ3) is 2.84. The van der Waals surface area contributed by atoms with E-state index in [2.05, 4.69) is 11.4 Å². The summed E-state index contributed by atoms with van der Waals surface area (Å²) < 4.78 is 5.29. The van der Waals surface area contributed by atoms with Crippen molar-refractivity contribution < 1.29 is 9.53 Å². The van der Waals surface area contributed by atoms with Gasteiger partial charge in [0.2, 0.25) is 5.91 Å². The maximum atomic E-state index is 12.7. The van der Waals surface area contributed by atoms with Crippen LogP contribution in [0.4, 0.5) is 0 Å². The fourth-order valence-electron chi connectivity index (χ4n) is 3.83. The minimum Gasteiger partial charge on any atom is -0.496 e. The van der Waals surface area contributed by atoms with Gasteiger partial charge in [-0.3, -0.25) is 4.79 Å². The zero-order valence-electron chi connectivity index (χ0n) is 13.8. The number of nitrogens with zero attached hydrogens (tertiary/aromatic N) is 1. The summed E-state index contributed by atoms with van der Waals surface area (Å²) in [6.45, 7) is 4.83. The zero-order chi connectivity index (χ0) is 15.7. The van der Waals surface area contributed by atoms with Gasteiger partial charge in [-0.2, -0.15) is 0 Å². The lowest BCUT2D eigenvalue weighted by Gasteiger charge is -2.25. The third-order valence-corrected chi connectivity index (χ3v) is 5.34. The Morgan fingerprint density at radius 1 is 1.41 bits per heavy atom. The van der Waals surface area contributed by atoms with Crippen LogP contribution in [0.1, 0.15) is 30.4 Å². The van der Waals surface area contributed by atoms with Crippen molar-refractivity contribution in [1.82, 2.24) is 10.2 Å². The number of rotatable bonds is 4. The van der Waals surface area contributed by atoms with Crippen LogP contribution < -0.4 is 10.1 Å². The lowest BCUT2D eigenvalue weighted by molar-refractivity contribution is -0.132. The summed E-state index contributed by atoms with van der Waals surface area (Å²) in [5, 5.41) is 3.39. The molecule has 1 amide bonds. The van der Waals surface area contributed by atoms with Crippen LogP contribution in [0.5, 0.6) is 5.75 Å². The molecule has 1 saturated carbocycles. The molecule has 1 aromatic rings. The van der Waals surface area contributed by atoms with Gasteiger partial charge in [0.05, 0.1) is 7.11 Å². The molecule has 1 aliphatic carbocycles. The molecule has 1 atom stereocenters. The number of carbonyl (C=O) groups is 1. The minimum atomic E-state index is 0.249. The molecular formula is C18H26N2O2. The molecule has 1 aromatic carbocycles. The van der Waals surface area contributed by atoms with Crippen LogP contribution in [0.3, 0.4) is 0 Å². The van der Waals surface area contributed by atoms with E-state index in [1.54, 1.807) is 7.11 Å². The molecule has 3 rings (SSSR count). The van der Waals surface area contributed by atoms with E-state index in [9.17, 15) is 4.79 Å². The Hall–Kier alpha value is -1.55. The van der Waals surface area contributed by atoms with E-state index in [4.69, 9.17) is 4.74 Å². The number of nitrogens with one attached hydrogen (secondary N) is 1. The van der Waals surface area contributed by atoms with E-state index in [0.717, 1.165) is 49.2 Å². The van der Waals surface area contributed by atoms with E-state index in [-0.39, 0.29) is 5.92 Å². The number of amides is 1. The molecule has 120 valence electrons. The lowest BCUT2D eigenvalue weighted by atomic mass is 9.91. The Labute approximate surface area is 132 Å². The zero-order valence-corrected chi connectivity index (χ0v) is 13.8. The van der Waals surface area contributed by atoms with E-state index < -0.39 is 0 Å². The van der Waals surface area contributed by atoms with E-state index in [1.165, 1.54) is 0 Å². The van der Waals surface area contributed by atoms with Crippen molar-refractivity contribution in [2.24, 2.45) is 11.3 Å². The molecule has 1 aliphatic heterocycles. The summed E-state index contributed by atoms with van der Waals surface area (Å²) in [7, 11) is 3.61. The molecule has 1 N–H and O–H groups in total. The Balaban J connectivity index is 1.61. The number of aryl methyl sites for hydroxylation is 1. The van der Waals surface area contributed by atoms with Gasteiger partial charge in [-0.25, -0.2) is 0 Å². The standard InChI is InChI=1S/C18H26N2O2/c1-13-10-14(4-5-16(13)22-3)12-20(2)17(21)15-11-18(15)6-8-19-9-7-18/h4-5,10,15,19H,6-9,11-12H2,1-3H3/t15-/m0/s1. The van der Waals surface area contributed by atoms with E-state index >= 15 is 0 Å². The Kier molecular flexibility index (Phi) is 4.13.